The minimum atomic E-state index is -0.881. The lowest BCUT2D eigenvalue weighted by molar-refractivity contribution is -0.139. The third-order valence-corrected chi connectivity index (χ3v) is 7.58. The van der Waals surface area contributed by atoms with Gasteiger partial charge in [0.15, 0.2) is 5.88 Å². The lowest BCUT2D eigenvalue weighted by Crippen LogP contribution is -2.41. The Balaban J connectivity index is 1.24. The van der Waals surface area contributed by atoms with Gasteiger partial charge in [0.2, 0.25) is 0 Å². The van der Waals surface area contributed by atoms with E-state index in [9.17, 15) is 19.8 Å². The Kier molecular flexibility index (Phi) is 6.70. The van der Waals surface area contributed by atoms with E-state index in [1.807, 2.05) is 66.7 Å². The van der Waals surface area contributed by atoms with E-state index in [-0.39, 0.29) is 11.3 Å². The van der Waals surface area contributed by atoms with Crippen LogP contribution >= 0.6 is 0 Å². The van der Waals surface area contributed by atoms with Gasteiger partial charge in [0.05, 0.1) is 11.4 Å². The molecule has 0 fully saturated rings. The minimum Gasteiger partial charge on any atom is -0.494 e. The lowest BCUT2D eigenvalue weighted by atomic mass is 9.92. The number of rotatable bonds is 5. The number of urea groups is 1. The van der Waals surface area contributed by atoms with Crippen LogP contribution in [0.25, 0.3) is 27.6 Å². The van der Waals surface area contributed by atoms with Crippen LogP contribution in [0.15, 0.2) is 72.9 Å². The van der Waals surface area contributed by atoms with Gasteiger partial charge >= 0.3 is 12.0 Å². The van der Waals surface area contributed by atoms with Gasteiger partial charge in [-0.3, -0.25) is 10.1 Å². The van der Waals surface area contributed by atoms with Crippen LogP contribution in [0.2, 0.25) is 0 Å². The number of carboxylic acids is 1. The molecule has 1 aliphatic heterocycles. The SMILES string of the molecule is CC(C)(C)c1cc(NC(=O)Nc2ccc(-c3cccc4c(O)[nH]cc34)cc2)n(-c2ccc3c(c2)CC(C(=O)O)NC3)n1. The van der Waals surface area contributed by atoms with Gasteiger partial charge in [0.25, 0.3) is 0 Å². The number of benzene rings is 3. The number of aromatic nitrogens is 3. The Labute approximate surface area is 242 Å². The molecule has 3 heterocycles. The number of H-pyrrole nitrogens is 1. The molecule has 10 heteroatoms. The second-order valence-electron chi connectivity index (χ2n) is 11.6. The first-order chi connectivity index (χ1) is 20.1. The summed E-state index contributed by atoms with van der Waals surface area (Å²) in [6, 6.07) is 19.9. The number of nitrogens with zero attached hydrogens (tertiary/aromatic N) is 2. The van der Waals surface area contributed by atoms with E-state index in [0.717, 1.165) is 44.4 Å². The second-order valence-corrected chi connectivity index (χ2v) is 11.6. The summed E-state index contributed by atoms with van der Waals surface area (Å²) in [4.78, 5) is 27.5. The number of fused-ring (bicyclic) bond motifs is 2. The van der Waals surface area contributed by atoms with E-state index in [4.69, 9.17) is 5.10 Å². The third-order valence-electron chi connectivity index (χ3n) is 7.58. The number of aliphatic carboxylic acids is 1. The Morgan fingerprint density at radius 3 is 2.50 bits per heavy atom. The zero-order chi connectivity index (χ0) is 29.6. The highest BCUT2D eigenvalue weighted by atomic mass is 16.4. The van der Waals surface area contributed by atoms with Crippen LogP contribution in [0.5, 0.6) is 5.88 Å². The molecule has 42 heavy (non-hydrogen) atoms. The van der Waals surface area contributed by atoms with Crippen molar-refractivity contribution in [1.82, 2.24) is 20.1 Å². The number of anilines is 2. The molecule has 214 valence electrons. The van der Waals surface area contributed by atoms with Crippen molar-refractivity contribution in [2.75, 3.05) is 10.6 Å². The molecular formula is C32H32N6O4. The van der Waals surface area contributed by atoms with Crippen LogP contribution < -0.4 is 16.0 Å². The summed E-state index contributed by atoms with van der Waals surface area (Å²) in [7, 11) is 0. The van der Waals surface area contributed by atoms with Gasteiger partial charge in [-0.05, 0) is 59.0 Å². The monoisotopic (exact) mass is 564 g/mol. The van der Waals surface area contributed by atoms with Gasteiger partial charge in [0, 0.05) is 40.7 Å². The fourth-order valence-electron chi connectivity index (χ4n) is 5.25. The lowest BCUT2D eigenvalue weighted by Gasteiger charge is -2.24. The fraction of sp³-hybridized carbons (Fsp3) is 0.219. The Morgan fingerprint density at radius 2 is 1.76 bits per heavy atom. The van der Waals surface area contributed by atoms with Gasteiger partial charge in [-0.25, -0.2) is 9.48 Å². The van der Waals surface area contributed by atoms with Crippen molar-refractivity contribution in [3.05, 3.63) is 89.7 Å². The average molecular weight is 565 g/mol. The average Bonchev–Trinajstić information content (AvgIpc) is 3.56. The van der Waals surface area contributed by atoms with E-state index in [1.165, 1.54) is 0 Å². The Morgan fingerprint density at radius 1 is 0.976 bits per heavy atom. The van der Waals surface area contributed by atoms with Crippen LogP contribution in [-0.2, 0) is 23.2 Å². The molecule has 0 aliphatic carbocycles. The Hall–Kier alpha value is -5.09. The molecule has 3 aromatic carbocycles. The predicted octanol–water partition coefficient (Wildman–Crippen LogP) is 5.77. The molecule has 0 radical (unpaired) electrons. The zero-order valence-electron chi connectivity index (χ0n) is 23.5. The highest BCUT2D eigenvalue weighted by Crippen LogP contribution is 2.33. The number of hydrogen-bond acceptors (Lipinski definition) is 5. The predicted molar refractivity (Wildman–Crippen MR) is 162 cm³/mol. The van der Waals surface area contributed by atoms with Gasteiger partial charge < -0.3 is 25.8 Å². The van der Waals surface area contributed by atoms with E-state index in [1.54, 1.807) is 10.9 Å². The molecule has 1 aliphatic rings. The molecule has 0 saturated heterocycles. The number of aromatic amines is 1. The molecule has 0 bridgehead atoms. The van der Waals surface area contributed by atoms with Gasteiger partial charge in [-0.15, -0.1) is 0 Å². The van der Waals surface area contributed by atoms with Gasteiger partial charge in [0.1, 0.15) is 11.9 Å². The third kappa shape index (κ3) is 5.19. The summed E-state index contributed by atoms with van der Waals surface area (Å²) < 4.78 is 1.69. The second kappa shape index (κ2) is 10.4. The molecule has 2 aromatic heterocycles. The summed E-state index contributed by atoms with van der Waals surface area (Å²) in [5.74, 6) is -0.253. The van der Waals surface area contributed by atoms with Crippen molar-refractivity contribution in [3.8, 4) is 22.7 Å². The first-order valence-corrected chi connectivity index (χ1v) is 13.7. The van der Waals surface area contributed by atoms with E-state index in [2.05, 4.69) is 41.7 Å². The highest BCUT2D eigenvalue weighted by Gasteiger charge is 2.25. The molecule has 5 aromatic rings. The summed E-state index contributed by atoms with van der Waals surface area (Å²) in [5.41, 5.74) is 5.78. The molecule has 10 nitrogen and oxygen atoms in total. The number of amides is 2. The van der Waals surface area contributed by atoms with Crippen LogP contribution in [-0.4, -0.2) is 43.0 Å². The molecule has 0 spiro atoms. The van der Waals surface area contributed by atoms with Crippen molar-refractivity contribution < 1.29 is 19.8 Å². The van der Waals surface area contributed by atoms with Crippen LogP contribution in [0.4, 0.5) is 16.3 Å². The van der Waals surface area contributed by atoms with E-state index >= 15 is 0 Å². The summed E-state index contributed by atoms with van der Waals surface area (Å²) in [6.07, 6.45) is 2.14. The molecule has 0 saturated carbocycles. The number of carboxylic acid groups (broad SMARTS) is 1. The summed E-state index contributed by atoms with van der Waals surface area (Å²) >= 11 is 0. The van der Waals surface area contributed by atoms with Crippen LogP contribution in [0.3, 0.4) is 0 Å². The number of carbonyl (C=O) groups excluding carboxylic acids is 1. The standard InChI is InChI=1S/C32H32N6O4/c1-32(2,3)27-15-28(38(37-27)22-12-9-19-16-33-26(30(40)41)14-20(19)13-22)36-31(42)35-21-10-7-18(8-11-21)23-5-4-6-24-25(23)17-34-29(24)39/h4-13,15,17,26,33-34,39H,14,16H2,1-3H3,(H,40,41)(H2,35,36,42). The first kappa shape index (κ1) is 27.1. The maximum atomic E-state index is 13.1. The minimum absolute atomic E-state index is 0.132. The van der Waals surface area contributed by atoms with Crippen molar-refractivity contribution in [3.63, 3.8) is 0 Å². The number of hydrogen-bond donors (Lipinski definition) is 6. The first-order valence-electron chi connectivity index (χ1n) is 13.7. The molecule has 1 unspecified atom stereocenters. The zero-order valence-corrected chi connectivity index (χ0v) is 23.5. The van der Waals surface area contributed by atoms with Crippen molar-refractivity contribution in [1.29, 1.82) is 0 Å². The van der Waals surface area contributed by atoms with Gasteiger partial charge in [-0.1, -0.05) is 51.1 Å². The van der Waals surface area contributed by atoms with Crippen molar-refractivity contribution >= 4 is 34.3 Å². The smallest absolute Gasteiger partial charge is 0.324 e. The largest absolute Gasteiger partial charge is 0.494 e. The number of nitrogens with one attached hydrogen (secondary N) is 4. The molecular weight excluding hydrogens is 532 g/mol. The molecule has 6 rings (SSSR count). The van der Waals surface area contributed by atoms with E-state index < -0.39 is 18.0 Å². The van der Waals surface area contributed by atoms with Crippen molar-refractivity contribution in [2.24, 2.45) is 0 Å². The highest BCUT2D eigenvalue weighted by molar-refractivity contribution is 6.01. The molecule has 6 N–H and O–H groups in total. The topological polar surface area (TPSA) is 144 Å². The Bertz CT molecular complexity index is 1810. The summed E-state index contributed by atoms with van der Waals surface area (Å²) in [5, 5.41) is 34.9. The molecule has 1 atom stereocenters. The normalized spacial score (nSPS) is 14.9. The quantitative estimate of drug-likeness (QED) is 0.160. The fourth-order valence-corrected chi connectivity index (χ4v) is 5.25. The number of carbonyl (C=O) groups is 2. The van der Waals surface area contributed by atoms with Crippen molar-refractivity contribution in [2.45, 2.75) is 45.2 Å². The molecule has 2 amide bonds. The van der Waals surface area contributed by atoms with Crippen LogP contribution in [0, 0.1) is 0 Å². The summed E-state index contributed by atoms with van der Waals surface area (Å²) in [6.45, 7) is 6.64. The number of aromatic hydroxyl groups is 1. The van der Waals surface area contributed by atoms with Crippen LogP contribution in [0.1, 0.15) is 37.6 Å². The van der Waals surface area contributed by atoms with Gasteiger partial charge in [-0.2, -0.15) is 5.10 Å². The maximum Gasteiger partial charge on any atom is 0.324 e. The van der Waals surface area contributed by atoms with E-state index in [0.29, 0.717) is 24.5 Å². The maximum absolute atomic E-state index is 13.1.